The van der Waals surface area contributed by atoms with Crippen molar-refractivity contribution in [3.05, 3.63) is 36.3 Å². The summed E-state index contributed by atoms with van der Waals surface area (Å²) in [6, 6.07) is 5.59. The first-order valence-electron chi connectivity index (χ1n) is 7.58. The minimum Gasteiger partial charge on any atom is -0.356 e. The van der Waals surface area contributed by atoms with E-state index in [1.165, 1.54) is 18.9 Å². The Kier molecular flexibility index (Phi) is 3.09. The normalized spacial score (nSPS) is 20.0. The average molecular weight is 287 g/mol. The maximum atomic E-state index is 13.2. The van der Waals surface area contributed by atoms with Crippen LogP contribution in [0.3, 0.4) is 0 Å². The maximum Gasteiger partial charge on any atom is 0.214 e. The van der Waals surface area contributed by atoms with Gasteiger partial charge in [0.15, 0.2) is 0 Å². The molecule has 3 heterocycles. The molecule has 0 spiro atoms. The molecule has 0 atom stereocenters. The monoisotopic (exact) mass is 287 g/mol. The molecule has 0 N–H and O–H groups in total. The molecule has 0 bridgehead atoms. The molecular weight excluding hydrogens is 269 g/mol. The van der Waals surface area contributed by atoms with Gasteiger partial charge in [-0.1, -0.05) is 6.07 Å². The first-order valence-corrected chi connectivity index (χ1v) is 7.58. The number of nitrogens with zero attached hydrogens (tertiary/aromatic N) is 5. The van der Waals surface area contributed by atoms with Crippen molar-refractivity contribution in [2.45, 2.75) is 37.6 Å². The van der Waals surface area contributed by atoms with E-state index < -0.39 is 5.95 Å². The Morgan fingerprint density at radius 1 is 1.10 bits per heavy atom. The average Bonchev–Trinajstić information content (AvgIpc) is 3.25. The van der Waals surface area contributed by atoms with Crippen LogP contribution in [-0.2, 0) is 0 Å². The molecule has 2 aliphatic rings. The number of anilines is 1. The van der Waals surface area contributed by atoms with Gasteiger partial charge in [0, 0.05) is 25.0 Å². The summed E-state index contributed by atoms with van der Waals surface area (Å²) in [5, 5.41) is 8.42. The van der Waals surface area contributed by atoms with E-state index in [1.54, 1.807) is 6.07 Å². The third kappa shape index (κ3) is 2.50. The van der Waals surface area contributed by atoms with E-state index in [9.17, 15) is 4.39 Å². The molecule has 5 nitrogen and oxygen atoms in total. The first kappa shape index (κ1) is 12.7. The van der Waals surface area contributed by atoms with Gasteiger partial charge in [-0.3, -0.25) is 0 Å². The Morgan fingerprint density at radius 2 is 1.90 bits per heavy atom. The summed E-state index contributed by atoms with van der Waals surface area (Å²) in [5.74, 6) is 1.91. The number of rotatable bonds is 3. The number of hydrogen-bond acceptors (Lipinski definition) is 4. The van der Waals surface area contributed by atoms with Gasteiger partial charge in [0.1, 0.15) is 18.0 Å². The highest BCUT2D eigenvalue weighted by atomic mass is 19.1. The fraction of sp³-hybridized carbons (Fsp3) is 0.533. The van der Waals surface area contributed by atoms with Crippen LogP contribution in [0.4, 0.5) is 10.2 Å². The van der Waals surface area contributed by atoms with E-state index >= 15 is 0 Å². The van der Waals surface area contributed by atoms with Gasteiger partial charge in [-0.25, -0.2) is 4.98 Å². The summed E-state index contributed by atoms with van der Waals surface area (Å²) >= 11 is 0. The van der Waals surface area contributed by atoms with E-state index in [0.29, 0.717) is 12.0 Å². The third-order valence-electron chi connectivity index (χ3n) is 4.43. The van der Waals surface area contributed by atoms with Crippen molar-refractivity contribution in [3.8, 4) is 0 Å². The van der Waals surface area contributed by atoms with E-state index in [-0.39, 0.29) is 0 Å². The lowest BCUT2D eigenvalue weighted by Crippen LogP contribution is -2.34. The minimum atomic E-state index is -0.414. The van der Waals surface area contributed by atoms with Gasteiger partial charge in [0.25, 0.3) is 0 Å². The van der Waals surface area contributed by atoms with Crippen LogP contribution in [0.1, 0.15) is 43.5 Å². The van der Waals surface area contributed by atoms with Gasteiger partial charge in [-0.15, -0.1) is 10.2 Å². The Hall–Kier alpha value is -1.98. The molecular formula is C15H18FN5. The molecule has 0 aromatic carbocycles. The Bertz CT molecular complexity index is 628. The second kappa shape index (κ2) is 5.09. The first-order chi connectivity index (χ1) is 10.3. The summed E-state index contributed by atoms with van der Waals surface area (Å²) in [7, 11) is 0. The van der Waals surface area contributed by atoms with Crippen LogP contribution in [0.25, 0.3) is 0 Å². The summed E-state index contributed by atoms with van der Waals surface area (Å²) in [5.41, 5.74) is 0. The predicted molar refractivity (Wildman–Crippen MR) is 76.7 cm³/mol. The Labute approximate surface area is 122 Å². The number of aromatic nitrogens is 4. The van der Waals surface area contributed by atoms with E-state index in [1.807, 2.05) is 12.4 Å². The molecule has 2 aromatic rings. The number of pyridine rings is 1. The highest BCUT2D eigenvalue weighted by molar-refractivity contribution is 5.38. The summed E-state index contributed by atoms with van der Waals surface area (Å²) in [4.78, 5) is 6.12. The zero-order valence-corrected chi connectivity index (χ0v) is 11.8. The molecule has 110 valence electrons. The minimum absolute atomic E-state index is 0.414. The van der Waals surface area contributed by atoms with Gasteiger partial charge in [0.05, 0.1) is 0 Å². The van der Waals surface area contributed by atoms with Gasteiger partial charge < -0.3 is 9.47 Å². The van der Waals surface area contributed by atoms with Crippen molar-refractivity contribution in [2.75, 3.05) is 18.0 Å². The van der Waals surface area contributed by atoms with Crippen LogP contribution in [-0.4, -0.2) is 32.8 Å². The maximum absolute atomic E-state index is 13.2. The Morgan fingerprint density at radius 3 is 2.62 bits per heavy atom. The highest BCUT2D eigenvalue weighted by Crippen LogP contribution is 2.38. The van der Waals surface area contributed by atoms with Crippen LogP contribution in [0.2, 0.25) is 0 Å². The van der Waals surface area contributed by atoms with E-state index in [4.69, 9.17) is 0 Å². The van der Waals surface area contributed by atoms with Crippen LogP contribution in [0.5, 0.6) is 0 Å². The SMILES string of the molecule is Fc1cccc(N2CCC(c3nncn3C3CC3)CC2)n1. The lowest BCUT2D eigenvalue weighted by atomic mass is 9.96. The van der Waals surface area contributed by atoms with Crippen molar-refractivity contribution in [1.82, 2.24) is 19.7 Å². The van der Waals surface area contributed by atoms with Crippen LogP contribution in [0.15, 0.2) is 24.5 Å². The van der Waals surface area contributed by atoms with Crippen molar-refractivity contribution >= 4 is 5.82 Å². The molecule has 0 radical (unpaired) electrons. The second-order valence-electron chi connectivity index (χ2n) is 5.91. The zero-order chi connectivity index (χ0) is 14.2. The zero-order valence-electron chi connectivity index (χ0n) is 11.8. The van der Waals surface area contributed by atoms with E-state index in [2.05, 4.69) is 24.6 Å². The molecule has 0 amide bonds. The molecule has 4 rings (SSSR count). The predicted octanol–water partition coefficient (Wildman–Crippen LogP) is 2.53. The molecule has 1 saturated carbocycles. The van der Waals surface area contributed by atoms with Crippen LogP contribution < -0.4 is 4.90 Å². The molecule has 2 fully saturated rings. The molecule has 6 heteroatoms. The lowest BCUT2D eigenvalue weighted by molar-refractivity contribution is 0.461. The summed E-state index contributed by atoms with van der Waals surface area (Å²) < 4.78 is 15.5. The largest absolute Gasteiger partial charge is 0.356 e. The summed E-state index contributed by atoms with van der Waals surface area (Å²) in [6.45, 7) is 1.78. The molecule has 0 unspecified atom stereocenters. The van der Waals surface area contributed by atoms with Gasteiger partial charge >= 0.3 is 0 Å². The molecule has 2 aromatic heterocycles. The topological polar surface area (TPSA) is 46.8 Å². The quantitative estimate of drug-likeness (QED) is 0.814. The molecule has 1 aliphatic heterocycles. The van der Waals surface area contributed by atoms with Gasteiger partial charge in [-0.2, -0.15) is 4.39 Å². The van der Waals surface area contributed by atoms with Crippen LogP contribution >= 0.6 is 0 Å². The van der Waals surface area contributed by atoms with Crippen molar-refractivity contribution in [3.63, 3.8) is 0 Å². The van der Waals surface area contributed by atoms with Crippen molar-refractivity contribution in [1.29, 1.82) is 0 Å². The second-order valence-corrected chi connectivity index (χ2v) is 5.91. The van der Waals surface area contributed by atoms with Crippen molar-refractivity contribution in [2.24, 2.45) is 0 Å². The number of halogens is 1. The van der Waals surface area contributed by atoms with Crippen molar-refractivity contribution < 1.29 is 4.39 Å². The third-order valence-corrected chi connectivity index (χ3v) is 4.43. The fourth-order valence-corrected chi connectivity index (χ4v) is 3.12. The number of piperidine rings is 1. The smallest absolute Gasteiger partial charge is 0.214 e. The molecule has 1 saturated heterocycles. The molecule has 21 heavy (non-hydrogen) atoms. The summed E-state index contributed by atoms with van der Waals surface area (Å²) in [6.07, 6.45) is 6.40. The van der Waals surface area contributed by atoms with Gasteiger partial charge in [0.2, 0.25) is 5.95 Å². The van der Waals surface area contributed by atoms with Gasteiger partial charge in [-0.05, 0) is 37.8 Å². The lowest BCUT2D eigenvalue weighted by Gasteiger charge is -2.32. The fourth-order valence-electron chi connectivity index (χ4n) is 3.12. The highest BCUT2D eigenvalue weighted by Gasteiger charge is 2.31. The molecule has 1 aliphatic carbocycles. The van der Waals surface area contributed by atoms with Crippen LogP contribution in [0, 0.1) is 5.95 Å². The number of hydrogen-bond donors (Lipinski definition) is 0. The van der Waals surface area contributed by atoms with E-state index in [0.717, 1.165) is 37.6 Å². The Balaban J connectivity index is 1.45. The standard InChI is InChI=1S/C15H18FN5/c16-13-2-1-3-14(18-13)20-8-6-11(7-9-20)15-19-17-10-21(15)12-4-5-12/h1-3,10-12H,4-9H2.